The minimum atomic E-state index is -0.348. The molecule has 0 bridgehead atoms. The smallest absolute Gasteiger partial charge is 0.267 e. The number of carbonyl (C=O) groups excluding carboxylic acids is 1. The van der Waals surface area contributed by atoms with Crippen molar-refractivity contribution in [2.24, 2.45) is 0 Å². The first-order valence-corrected chi connectivity index (χ1v) is 8.52. The first kappa shape index (κ1) is 16.8. The van der Waals surface area contributed by atoms with Crippen molar-refractivity contribution in [1.82, 2.24) is 9.78 Å². The molecule has 0 saturated carbocycles. The van der Waals surface area contributed by atoms with E-state index in [4.69, 9.17) is 9.47 Å². The Kier molecular flexibility index (Phi) is 4.57. The number of hydrogen-bond donors (Lipinski definition) is 1. The first-order chi connectivity index (χ1) is 13.2. The maximum atomic E-state index is 12.2. The molecule has 3 aromatic rings. The van der Waals surface area contributed by atoms with Crippen molar-refractivity contribution < 1.29 is 14.3 Å². The van der Waals surface area contributed by atoms with Gasteiger partial charge >= 0.3 is 0 Å². The van der Waals surface area contributed by atoms with Gasteiger partial charge in [0.2, 0.25) is 5.91 Å². The number of hydrogen-bond acceptors (Lipinski definition) is 5. The van der Waals surface area contributed by atoms with E-state index in [0.717, 1.165) is 10.2 Å². The van der Waals surface area contributed by atoms with E-state index in [1.54, 1.807) is 18.2 Å². The number of para-hydroxylation sites is 1. The van der Waals surface area contributed by atoms with Gasteiger partial charge in [0, 0.05) is 17.3 Å². The summed E-state index contributed by atoms with van der Waals surface area (Å²) in [4.78, 5) is 24.3. The number of benzene rings is 2. The van der Waals surface area contributed by atoms with Gasteiger partial charge in [-0.15, -0.1) is 0 Å². The highest BCUT2D eigenvalue weighted by Crippen LogP contribution is 2.33. The third-order valence-electron chi connectivity index (χ3n) is 4.06. The zero-order chi connectivity index (χ0) is 18.6. The Morgan fingerprint density at radius 1 is 1.00 bits per heavy atom. The van der Waals surface area contributed by atoms with Crippen LogP contribution < -0.4 is 20.3 Å². The molecule has 0 saturated heterocycles. The van der Waals surface area contributed by atoms with Gasteiger partial charge in [-0.25, -0.2) is 4.68 Å². The van der Waals surface area contributed by atoms with Gasteiger partial charge in [0.1, 0.15) is 19.8 Å². The maximum absolute atomic E-state index is 12.2. The molecule has 1 aliphatic rings. The molecule has 1 aliphatic heterocycles. The molecule has 2 aromatic carbocycles. The Morgan fingerprint density at radius 3 is 2.59 bits per heavy atom. The summed E-state index contributed by atoms with van der Waals surface area (Å²) in [5, 5.41) is 7.06. The minimum absolute atomic E-state index is 0.174. The van der Waals surface area contributed by atoms with Gasteiger partial charge in [-0.05, 0) is 36.4 Å². The molecule has 1 aromatic heterocycles. The number of aromatic nitrogens is 2. The third kappa shape index (κ3) is 3.82. The second-order valence-corrected chi connectivity index (χ2v) is 5.99. The number of anilines is 1. The van der Waals surface area contributed by atoms with Crippen LogP contribution in [-0.2, 0) is 11.3 Å². The van der Waals surface area contributed by atoms with Crippen LogP contribution in [0.5, 0.6) is 11.5 Å². The summed E-state index contributed by atoms with van der Waals surface area (Å²) in [5.74, 6) is 0.996. The number of ether oxygens (including phenoxy) is 2. The minimum Gasteiger partial charge on any atom is -0.486 e. The summed E-state index contributed by atoms with van der Waals surface area (Å²) < 4.78 is 12.2. The number of amides is 1. The highest BCUT2D eigenvalue weighted by atomic mass is 16.6. The molecular formula is C20H17N3O4. The number of carbonyl (C=O) groups is 1. The summed E-state index contributed by atoms with van der Waals surface area (Å²) in [5.41, 5.74) is 1.66. The topological polar surface area (TPSA) is 82.5 Å². The van der Waals surface area contributed by atoms with Crippen molar-refractivity contribution in [1.29, 1.82) is 0 Å². The Hall–Kier alpha value is -3.61. The molecule has 0 aliphatic carbocycles. The van der Waals surface area contributed by atoms with Crippen LogP contribution in [0, 0.1) is 0 Å². The van der Waals surface area contributed by atoms with Gasteiger partial charge < -0.3 is 14.8 Å². The van der Waals surface area contributed by atoms with Crippen LogP contribution in [0.2, 0.25) is 0 Å². The number of nitrogens with zero attached hydrogens (tertiary/aromatic N) is 2. The standard InChI is InChI=1S/C20H17N3O4/c24-19(21-15-4-2-1-3-5-15)13-23-20(25)9-7-16(22-23)14-6-8-17-18(12-14)27-11-10-26-17/h1-9,12H,10-11,13H2,(H,21,24). The van der Waals surface area contributed by atoms with E-state index >= 15 is 0 Å². The van der Waals surface area contributed by atoms with Gasteiger partial charge in [0.05, 0.1) is 5.69 Å². The van der Waals surface area contributed by atoms with Crippen molar-refractivity contribution >= 4 is 11.6 Å². The predicted octanol–water partition coefficient (Wildman–Crippen LogP) is 2.32. The number of rotatable bonds is 4. The normalized spacial score (nSPS) is 12.4. The van der Waals surface area contributed by atoms with Crippen molar-refractivity contribution in [3.05, 3.63) is 71.0 Å². The quantitative estimate of drug-likeness (QED) is 0.769. The fraction of sp³-hybridized carbons (Fsp3) is 0.150. The van der Waals surface area contributed by atoms with Crippen LogP contribution in [0.1, 0.15) is 0 Å². The fourth-order valence-corrected chi connectivity index (χ4v) is 2.78. The highest BCUT2D eigenvalue weighted by Gasteiger charge is 2.14. The molecule has 0 spiro atoms. The van der Waals surface area contributed by atoms with E-state index in [-0.39, 0.29) is 18.0 Å². The van der Waals surface area contributed by atoms with E-state index in [1.165, 1.54) is 6.07 Å². The summed E-state index contributed by atoms with van der Waals surface area (Å²) in [6, 6.07) is 17.5. The van der Waals surface area contributed by atoms with Gasteiger partial charge in [-0.1, -0.05) is 18.2 Å². The largest absolute Gasteiger partial charge is 0.486 e. The van der Waals surface area contributed by atoms with Gasteiger partial charge in [0.25, 0.3) is 5.56 Å². The van der Waals surface area contributed by atoms with Gasteiger partial charge in [-0.3, -0.25) is 9.59 Å². The van der Waals surface area contributed by atoms with Crippen LogP contribution in [0.25, 0.3) is 11.3 Å². The van der Waals surface area contributed by atoms with Crippen LogP contribution in [0.15, 0.2) is 65.5 Å². The molecule has 4 rings (SSSR count). The SMILES string of the molecule is O=C(Cn1nc(-c2ccc3c(c2)OCCO3)ccc1=O)Nc1ccccc1. The molecule has 7 heteroatoms. The van der Waals surface area contributed by atoms with Crippen LogP contribution in [0.4, 0.5) is 5.69 Å². The van der Waals surface area contributed by atoms with Crippen LogP contribution >= 0.6 is 0 Å². The number of fused-ring (bicyclic) bond motifs is 1. The van der Waals surface area contributed by atoms with E-state index in [0.29, 0.717) is 36.1 Å². The highest BCUT2D eigenvalue weighted by molar-refractivity contribution is 5.90. The zero-order valence-electron chi connectivity index (χ0n) is 14.4. The molecule has 7 nitrogen and oxygen atoms in total. The van der Waals surface area contributed by atoms with Crippen molar-refractivity contribution in [3.8, 4) is 22.8 Å². The fourth-order valence-electron chi connectivity index (χ4n) is 2.78. The Balaban J connectivity index is 1.56. The second kappa shape index (κ2) is 7.33. The third-order valence-corrected chi connectivity index (χ3v) is 4.06. The van der Waals surface area contributed by atoms with Crippen molar-refractivity contribution in [3.63, 3.8) is 0 Å². The monoisotopic (exact) mass is 363 g/mol. The Bertz CT molecular complexity index is 1030. The molecule has 27 heavy (non-hydrogen) atoms. The second-order valence-electron chi connectivity index (χ2n) is 5.99. The summed E-state index contributed by atoms with van der Waals surface area (Å²) in [7, 11) is 0. The lowest BCUT2D eigenvalue weighted by Crippen LogP contribution is -2.29. The van der Waals surface area contributed by atoms with Crippen molar-refractivity contribution in [2.75, 3.05) is 18.5 Å². The molecule has 2 heterocycles. The average molecular weight is 363 g/mol. The van der Waals surface area contributed by atoms with Crippen molar-refractivity contribution in [2.45, 2.75) is 6.54 Å². The summed E-state index contributed by atoms with van der Waals surface area (Å²) in [6.45, 7) is 0.834. The van der Waals surface area contributed by atoms with E-state index < -0.39 is 0 Å². The Morgan fingerprint density at radius 2 is 1.78 bits per heavy atom. The lowest BCUT2D eigenvalue weighted by molar-refractivity contribution is -0.117. The lowest BCUT2D eigenvalue weighted by Gasteiger charge is -2.18. The van der Waals surface area contributed by atoms with Crippen LogP contribution in [0.3, 0.4) is 0 Å². The molecule has 136 valence electrons. The molecule has 0 radical (unpaired) electrons. The predicted molar refractivity (Wildman–Crippen MR) is 100.0 cm³/mol. The molecule has 1 N–H and O–H groups in total. The van der Waals surface area contributed by atoms with E-state index in [1.807, 2.05) is 36.4 Å². The summed E-state index contributed by atoms with van der Waals surface area (Å²) in [6.07, 6.45) is 0. The first-order valence-electron chi connectivity index (χ1n) is 8.52. The summed E-state index contributed by atoms with van der Waals surface area (Å²) >= 11 is 0. The van der Waals surface area contributed by atoms with Gasteiger partial charge in [-0.2, -0.15) is 5.10 Å². The maximum Gasteiger partial charge on any atom is 0.267 e. The van der Waals surface area contributed by atoms with E-state index in [2.05, 4.69) is 10.4 Å². The molecular weight excluding hydrogens is 346 g/mol. The van der Waals surface area contributed by atoms with Crippen LogP contribution in [-0.4, -0.2) is 28.9 Å². The molecule has 0 fully saturated rings. The zero-order valence-corrected chi connectivity index (χ0v) is 14.4. The van der Waals surface area contributed by atoms with Gasteiger partial charge in [0.15, 0.2) is 11.5 Å². The molecule has 1 amide bonds. The molecule has 0 unspecified atom stereocenters. The number of nitrogens with one attached hydrogen (secondary N) is 1. The average Bonchev–Trinajstić information content (AvgIpc) is 2.70. The Labute approximate surface area is 155 Å². The molecule has 0 atom stereocenters. The van der Waals surface area contributed by atoms with E-state index in [9.17, 15) is 9.59 Å². The lowest BCUT2D eigenvalue weighted by atomic mass is 10.1.